The average Bonchev–Trinajstić information content (AvgIpc) is 2.73. The second-order valence-corrected chi connectivity index (χ2v) is 6.10. The van der Waals surface area contributed by atoms with Crippen molar-refractivity contribution in [1.82, 2.24) is 9.55 Å². The van der Waals surface area contributed by atoms with Crippen LogP contribution in [0.4, 0.5) is 0 Å². The Morgan fingerprint density at radius 1 is 1.05 bits per heavy atom. The van der Waals surface area contributed by atoms with Crippen LogP contribution in [-0.2, 0) is 0 Å². The van der Waals surface area contributed by atoms with E-state index in [1.54, 1.807) is 0 Å². The second-order valence-electron chi connectivity index (χ2n) is 6.10. The van der Waals surface area contributed by atoms with Gasteiger partial charge in [-0.3, -0.25) is 4.98 Å². The highest BCUT2D eigenvalue weighted by atomic mass is 16.5. The zero-order valence-corrected chi connectivity index (χ0v) is 13.3. The summed E-state index contributed by atoms with van der Waals surface area (Å²) in [4.78, 5) is 4.46. The number of benzene rings is 1. The molecule has 3 nitrogen and oxygen atoms in total. The van der Waals surface area contributed by atoms with Gasteiger partial charge in [0.25, 0.3) is 0 Å². The SMILES string of the molecule is Cc1nccc2c3ccc(OC(C)C)cc3n(C(C)C)c12. The highest BCUT2D eigenvalue weighted by molar-refractivity contribution is 6.09. The number of ether oxygens (including phenoxy) is 1. The first-order valence-corrected chi connectivity index (χ1v) is 7.55. The lowest BCUT2D eigenvalue weighted by Crippen LogP contribution is -2.06. The summed E-state index contributed by atoms with van der Waals surface area (Å²) in [6, 6.07) is 8.85. The standard InChI is InChI=1S/C18H22N2O/c1-11(2)20-17-10-14(21-12(3)4)6-7-15(17)16-8-9-19-13(5)18(16)20/h6-12H,1-5H3. The number of nitrogens with zero attached hydrogens (tertiary/aromatic N) is 2. The van der Waals surface area contributed by atoms with E-state index in [2.05, 4.69) is 68.4 Å². The van der Waals surface area contributed by atoms with Gasteiger partial charge in [0.15, 0.2) is 0 Å². The number of fused-ring (bicyclic) bond motifs is 3. The molecule has 0 radical (unpaired) electrons. The molecule has 3 rings (SSSR count). The summed E-state index contributed by atoms with van der Waals surface area (Å²) in [5.74, 6) is 0.924. The highest BCUT2D eigenvalue weighted by Gasteiger charge is 2.15. The van der Waals surface area contributed by atoms with Gasteiger partial charge in [-0.2, -0.15) is 0 Å². The Morgan fingerprint density at radius 2 is 1.81 bits per heavy atom. The number of hydrogen-bond acceptors (Lipinski definition) is 2. The summed E-state index contributed by atoms with van der Waals surface area (Å²) in [7, 11) is 0. The number of rotatable bonds is 3. The fourth-order valence-electron chi connectivity index (χ4n) is 3.02. The Kier molecular flexibility index (Phi) is 3.36. The Morgan fingerprint density at radius 3 is 2.48 bits per heavy atom. The van der Waals surface area contributed by atoms with E-state index in [0.717, 1.165) is 11.4 Å². The quantitative estimate of drug-likeness (QED) is 0.685. The van der Waals surface area contributed by atoms with Crippen LogP contribution in [-0.4, -0.2) is 15.7 Å². The molecule has 0 atom stereocenters. The van der Waals surface area contributed by atoms with E-state index in [-0.39, 0.29) is 6.10 Å². The molecule has 2 aromatic heterocycles. The van der Waals surface area contributed by atoms with Gasteiger partial charge >= 0.3 is 0 Å². The normalized spacial score (nSPS) is 12.0. The van der Waals surface area contributed by atoms with Crippen molar-refractivity contribution in [3.05, 3.63) is 36.2 Å². The van der Waals surface area contributed by atoms with Crippen molar-refractivity contribution in [1.29, 1.82) is 0 Å². The summed E-state index contributed by atoms with van der Waals surface area (Å²) >= 11 is 0. The van der Waals surface area contributed by atoms with Crippen LogP contribution < -0.4 is 4.74 Å². The minimum absolute atomic E-state index is 0.183. The molecule has 0 unspecified atom stereocenters. The lowest BCUT2D eigenvalue weighted by molar-refractivity contribution is 0.242. The maximum Gasteiger partial charge on any atom is 0.121 e. The van der Waals surface area contributed by atoms with Crippen LogP contribution in [0.2, 0.25) is 0 Å². The molecule has 0 aliphatic rings. The van der Waals surface area contributed by atoms with Crippen molar-refractivity contribution in [2.24, 2.45) is 0 Å². The third-order valence-corrected chi connectivity index (χ3v) is 3.76. The lowest BCUT2D eigenvalue weighted by atomic mass is 10.1. The fourth-order valence-corrected chi connectivity index (χ4v) is 3.02. The van der Waals surface area contributed by atoms with Gasteiger partial charge in [0.05, 0.1) is 22.8 Å². The zero-order valence-electron chi connectivity index (χ0n) is 13.3. The molecule has 110 valence electrons. The molecule has 2 heterocycles. The van der Waals surface area contributed by atoms with Gasteiger partial charge in [-0.05, 0) is 52.8 Å². The Bertz CT molecular complexity index is 800. The minimum Gasteiger partial charge on any atom is -0.491 e. The van der Waals surface area contributed by atoms with Crippen LogP contribution in [0.25, 0.3) is 21.8 Å². The largest absolute Gasteiger partial charge is 0.491 e. The van der Waals surface area contributed by atoms with E-state index >= 15 is 0 Å². The fraction of sp³-hybridized carbons (Fsp3) is 0.389. The van der Waals surface area contributed by atoms with E-state index in [0.29, 0.717) is 6.04 Å². The maximum atomic E-state index is 5.85. The number of aryl methyl sites for hydroxylation is 1. The average molecular weight is 282 g/mol. The van der Waals surface area contributed by atoms with Crippen LogP contribution in [0.5, 0.6) is 5.75 Å². The molecule has 0 aliphatic carbocycles. The summed E-state index contributed by atoms with van der Waals surface area (Å²) in [6.07, 6.45) is 2.07. The summed E-state index contributed by atoms with van der Waals surface area (Å²) in [6.45, 7) is 10.6. The smallest absolute Gasteiger partial charge is 0.121 e. The van der Waals surface area contributed by atoms with Gasteiger partial charge in [0.2, 0.25) is 0 Å². The number of aromatic nitrogens is 2. The van der Waals surface area contributed by atoms with Crippen LogP contribution in [0.15, 0.2) is 30.5 Å². The molecule has 0 amide bonds. The molecule has 0 aliphatic heterocycles. The van der Waals surface area contributed by atoms with E-state index in [1.807, 2.05) is 6.20 Å². The maximum absolute atomic E-state index is 5.85. The Balaban J connectivity index is 2.37. The molecule has 0 saturated heterocycles. The van der Waals surface area contributed by atoms with Crippen LogP contribution in [0.3, 0.4) is 0 Å². The van der Waals surface area contributed by atoms with Crippen molar-refractivity contribution in [3.63, 3.8) is 0 Å². The summed E-state index contributed by atoms with van der Waals surface area (Å²) < 4.78 is 8.22. The van der Waals surface area contributed by atoms with Gasteiger partial charge in [-0.1, -0.05) is 0 Å². The zero-order chi connectivity index (χ0) is 15.1. The van der Waals surface area contributed by atoms with Gasteiger partial charge in [0, 0.05) is 29.1 Å². The van der Waals surface area contributed by atoms with E-state index in [9.17, 15) is 0 Å². The first kappa shape index (κ1) is 13.9. The van der Waals surface area contributed by atoms with Crippen molar-refractivity contribution < 1.29 is 4.74 Å². The summed E-state index contributed by atoms with van der Waals surface area (Å²) in [5, 5.41) is 2.53. The topological polar surface area (TPSA) is 27.1 Å². The van der Waals surface area contributed by atoms with Crippen molar-refractivity contribution >= 4 is 21.8 Å². The van der Waals surface area contributed by atoms with Gasteiger partial charge < -0.3 is 9.30 Å². The van der Waals surface area contributed by atoms with Gasteiger partial charge in [0.1, 0.15) is 5.75 Å². The number of hydrogen-bond donors (Lipinski definition) is 0. The monoisotopic (exact) mass is 282 g/mol. The van der Waals surface area contributed by atoms with E-state index < -0.39 is 0 Å². The third kappa shape index (κ3) is 2.27. The highest BCUT2D eigenvalue weighted by Crippen LogP contribution is 2.34. The van der Waals surface area contributed by atoms with E-state index in [1.165, 1.54) is 21.8 Å². The van der Waals surface area contributed by atoms with E-state index in [4.69, 9.17) is 4.74 Å². The molecular formula is C18H22N2O. The first-order chi connectivity index (χ1) is 9.99. The molecular weight excluding hydrogens is 260 g/mol. The third-order valence-electron chi connectivity index (χ3n) is 3.76. The molecule has 1 aromatic carbocycles. The Hall–Kier alpha value is -2.03. The predicted octanol–water partition coefficient (Wildman–Crippen LogP) is 4.87. The molecule has 0 fully saturated rings. The molecule has 3 aromatic rings. The van der Waals surface area contributed by atoms with Crippen molar-refractivity contribution in [2.75, 3.05) is 0 Å². The van der Waals surface area contributed by atoms with Crippen LogP contribution in [0, 0.1) is 6.92 Å². The number of pyridine rings is 1. The van der Waals surface area contributed by atoms with Crippen LogP contribution in [0.1, 0.15) is 39.4 Å². The summed E-state index contributed by atoms with van der Waals surface area (Å²) in [5.41, 5.74) is 3.52. The van der Waals surface area contributed by atoms with Gasteiger partial charge in [-0.25, -0.2) is 0 Å². The Labute approximate surface area is 125 Å². The molecule has 0 N–H and O–H groups in total. The molecule has 3 heteroatoms. The molecule has 0 spiro atoms. The van der Waals surface area contributed by atoms with Crippen LogP contribution >= 0.6 is 0 Å². The second kappa shape index (κ2) is 5.06. The lowest BCUT2D eigenvalue weighted by Gasteiger charge is -2.14. The van der Waals surface area contributed by atoms with Crippen molar-refractivity contribution in [3.8, 4) is 5.75 Å². The molecule has 0 bridgehead atoms. The first-order valence-electron chi connectivity index (χ1n) is 7.55. The van der Waals surface area contributed by atoms with Gasteiger partial charge in [-0.15, -0.1) is 0 Å². The molecule has 21 heavy (non-hydrogen) atoms. The van der Waals surface area contributed by atoms with Crippen molar-refractivity contribution in [2.45, 2.75) is 46.8 Å². The predicted molar refractivity (Wildman–Crippen MR) is 88.1 cm³/mol. The molecule has 0 saturated carbocycles. The minimum atomic E-state index is 0.183.